The first-order valence-electron chi connectivity index (χ1n) is 8.49. The molecular weight excluding hydrogens is 352 g/mol. The van der Waals surface area contributed by atoms with Crippen LogP contribution in [0.2, 0.25) is 0 Å². The van der Waals surface area contributed by atoms with E-state index in [2.05, 4.69) is 26.0 Å². The first-order chi connectivity index (χ1) is 12.2. The molecule has 0 saturated carbocycles. The van der Waals surface area contributed by atoms with E-state index in [9.17, 15) is 4.21 Å². The van der Waals surface area contributed by atoms with Gasteiger partial charge in [-0.2, -0.15) is 0 Å². The molecule has 136 valence electrons. The number of aryl methyl sites for hydroxylation is 1. The highest BCUT2D eigenvalue weighted by Gasteiger charge is 2.03. The molecule has 1 heterocycles. The Bertz CT molecular complexity index is 685. The van der Waals surface area contributed by atoms with Crippen LogP contribution in [0.15, 0.2) is 40.7 Å². The van der Waals surface area contributed by atoms with Crippen LogP contribution in [0.4, 0.5) is 0 Å². The van der Waals surface area contributed by atoms with Crippen LogP contribution in [0.3, 0.4) is 0 Å². The number of hydrogen-bond donors (Lipinski definition) is 2. The van der Waals surface area contributed by atoms with Crippen molar-refractivity contribution >= 4 is 28.1 Å². The second kappa shape index (κ2) is 11.0. The van der Waals surface area contributed by atoms with Crippen molar-refractivity contribution in [1.82, 2.24) is 15.6 Å². The molecule has 2 rings (SSSR count). The fraction of sp³-hybridized carbons (Fsp3) is 0.444. The first kappa shape index (κ1) is 19.6. The summed E-state index contributed by atoms with van der Waals surface area (Å²) in [5, 5.41) is 9.71. The summed E-state index contributed by atoms with van der Waals surface area (Å²) in [6.07, 6.45) is 0.870. The minimum absolute atomic E-state index is 0.546. The molecule has 1 aromatic heterocycles. The van der Waals surface area contributed by atoms with E-state index < -0.39 is 10.8 Å². The van der Waals surface area contributed by atoms with Crippen molar-refractivity contribution in [2.45, 2.75) is 26.0 Å². The minimum atomic E-state index is -0.895. The molecule has 1 aromatic carbocycles. The van der Waals surface area contributed by atoms with Crippen molar-refractivity contribution in [2.24, 2.45) is 4.99 Å². The van der Waals surface area contributed by atoms with Crippen LogP contribution in [0.5, 0.6) is 0 Å². The number of nitrogens with one attached hydrogen (secondary N) is 2. The number of aromatic nitrogens is 1. The Labute approximate surface area is 156 Å². The molecule has 0 fully saturated rings. The summed E-state index contributed by atoms with van der Waals surface area (Å²) < 4.78 is 12.1. The van der Waals surface area contributed by atoms with Gasteiger partial charge in [0, 0.05) is 47.2 Å². The molecule has 0 amide bonds. The zero-order valence-corrected chi connectivity index (χ0v) is 16.5. The number of benzene rings is 1. The zero-order chi connectivity index (χ0) is 17.9. The van der Waals surface area contributed by atoms with Crippen molar-refractivity contribution in [1.29, 1.82) is 0 Å². The van der Waals surface area contributed by atoms with Crippen LogP contribution in [-0.4, -0.2) is 40.5 Å². The largest absolute Gasteiger partial charge is 0.357 e. The molecule has 0 aliphatic carbocycles. The van der Waals surface area contributed by atoms with E-state index in [0.717, 1.165) is 41.7 Å². The molecule has 5 nitrogen and oxygen atoms in total. The van der Waals surface area contributed by atoms with Gasteiger partial charge in [-0.25, -0.2) is 4.98 Å². The maximum Gasteiger partial charge on any atom is 0.191 e. The molecule has 0 radical (unpaired) electrons. The van der Waals surface area contributed by atoms with Crippen molar-refractivity contribution < 1.29 is 4.21 Å². The molecule has 0 saturated heterocycles. The van der Waals surface area contributed by atoms with Crippen LogP contribution in [0.25, 0.3) is 0 Å². The molecule has 1 unspecified atom stereocenters. The van der Waals surface area contributed by atoms with Gasteiger partial charge in [0.05, 0.1) is 17.2 Å². The number of hydrogen-bond acceptors (Lipinski definition) is 4. The van der Waals surface area contributed by atoms with Crippen molar-refractivity contribution in [2.75, 3.05) is 25.4 Å². The monoisotopic (exact) mass is 378 g/mol. The number of guanidine groups is 1. The van der Waals surface area contributed by atoms with Gasteiger partial charge in [0.2, 0.25) is 0 Å². The molecule has 0 aliphatic rings. The highest BCUT2D eigenvalue weighted by molar-refractivity contribution is 7.84. The molecule has 0 aliphatic heterocycles. The fourth-order valence-electron chi connectivity index (χ4n) is 2.27. The van der Waals surface area contributed by atoms with Crippen LogP contribution in [0.1, 0.15) is 23.2 Å². The summed E-state index contributed by atoms with van der Waals surface area (Å²) in [5.41, 5.74) is 2.21. The smallest absolute Gasteiger partial charge is 0.191 e. The van der Waals surface area contributed by atoms with Gasteiger partial charge in [0.25, 0.3) is 0 Å². The molecule has 25 heavy (non-hydrogen) atoms. The maximum absolute atomic E-state index is 12.1. The Kier molecular flexibility index (Phi) is 8.62. The van der Waals surface area contributed by atoms with E-state index in [1.165, 1.54) is 0 Å². The fourth-order valence-corrected chi connectivity index (χ4v) is 3.92. The Balaban J connectivity index is 1.73. The number of aliphatic imine (C=N–C) groups is 1. The summed E-state index contributed by atoms with van der Waals surface area (Å²) in [5.74, 6) is 1.92. The van der Waals surface area contributed by atoms with E-state index in [4.69, 9.17) is 0 Å². The summed E-state index contributed by atoms with van der Waals surface area (Å²) >= 11 is 1.67. The highest BCUT2D eigenvalue weighted by Crippen LogP contribution is 2.07. The molecule has 2 N–H and O–H groups in total. The van der Waals surface area contributed by atoms with E-state index in [1.54, 1.807) is 11.3 Å². The topological polar surface area (TPSA) is 66.4 Å². The summed E-state index contributed by atoms with van der Waals surface area (Å²) in [6.45, 7) is 6.18. The lowest BCUT2D eigenvalue weighted by Crippen LogP contribution is -2.38. The molecule has 0 spiro atoms. The SMILES string of the molecule is CCNC(=NCCS(=O)Cc1ccccc1)NCCc1csc(C)n1. The second-order valence-corrected chi connectivity index (χ2v) is 8.21. The molecule has 2 aromatic rings. The third kappa shape index (κ3) is 7.79. The zero-order valence-electron chi connectivity index (χ0n) is 14.8. The molecule has 7 heteroatoms. The van der Waals surface area contributed by atoms with E-state index in [-0.39, 0.29) is 0 Å². The van der Waals surface area contributed by atoms with Gasteiger partial charge in [-0.1, -0.05) is 30.3 Å². The average Bonchev–Trinajstić information content (AvgIpc) is 3.01. The van der Waals surface area contributed by atoms with Gasteiger partial charge in [-0.15, -0.1) is 11.3 Å². The summed E-state index contributed by atoms with van der Waals surface area (Å²) in [7, 11) is -0.895. The summed E-state index contributed by atoms with van der Waals surface area (Å²) in [4.78, 5) is 8.97. The van der Waals surface area contributed by atoms with E-state index >= 15 is 0 Å². The standard InChI is InChI=1S/C18H26N4OS2/c1-3-19-18(20-10-9-17-13-24-15(2)22-17)21-11-12-25(23)14-16-7-5-4-6-8-16/h4-8,13H,3,9-12,14H2,1-2H3,(H2,19,20,21). The van der Waals surface area contributed by atoms with Gasteiger partial charge < -0.3 is 10.6 Å². The lowest BCUT2D eigenvalue weighted by Gasteiger charge is -2.10. The first-order valence-corrected chi connectivity index (χ1v) is 10.9. The normalized spacial score (nSPS) is 12.8. The highest BCUT2D eigenvalue weighted by atomic mass is 32.2. The Morgan fingerprint density at radius 3 is 2.76 bits per heavy atom. The van der Waals surface area contributed by atoms with Crippen LogP contribution >= 0.6 is 11.3 Å². The lowest BCUT2D eigenvalue weighted by atomic mass is 10.2. The van der Waals surface area contributed by atoms with Crippen LogP contribution in [-0.2, 0) is 23.0 Å². The third-order valence-corrected chi connectivity index (χ3v) is 5.56. The Hall–Kier alpha value is -1.73. The van der Waals surface area contributed by atoms with E-state index in [1.807, 2.05) is 44.2 Å². The Morgan fingerprint density at radius 1 is 1.28 bits per heavy atom. The predicted octanol–water partition coefficient (Wildman–Crippen LogP) is 2.50. The Morgan fingerprint density at radius 2 is 2.08 bits per heavy atom. The summed E-state index contributed by atoms with van der Waals surface area (Å²) in [6, 6.07) is 9.93. The van der Waals surface area contributed by atoms with E-state index in [0.29, 0.717) is 18.1 Å². The average molecular weight is 379 g/mol. The van der Waals surface area contributed by atoms with Gasteiger partial charge in [-0.05, 0) is 19.4 Å². The predicted molar refractivity (Wildman–Crippen MR) is 108 cm³/mol. The number of rotatable bonds is 9. The maximum atomic E-state index is 12.1. The van der Waals surface area contributed by atoms with Crippen molar-refractivity contribution in [3.8, 4) is 0 Å². The lowest BCUT2D eigenvalue weighted by molar-refractivity contribution is 0.682. The minimum Gasteiger partial charge on any atom is -0.357 e. The molecule has 1 atom stereocenters. The van der Waals surface area contributed by atoms with Gasteiger partial charge in [-0.3, -0.25) is 9.20 Å². The van der Waals surface area contributed by atoms with Gasteiger partial charge >= 0.3 is 0 Å². The van der Waals surface area contributed by atoms with Gasteiger partial charge in [0.15, 0.2) is 5.96 Å². The van der Waals surface area contributed by atoms with Crippen LogP contribution < -0.4 is 10.6 Å². The third-order valence-electron chi connectivity index (χ3n) is 3.44. The quantitative estimate of drug-likeness (QED) is 0.520. The van der Waals surface area contributed by atoms with Crippen molar-refractivity contribution in [3.05, 3.63) is 52.0 Å². The second-order valence-electron chi connectivity index (χ2n) is 5.57. The number of nitrogens with zero attached hydrogens (tertiary/aromatic N) is 2. The number of thiazole rings is 1. The molecule has 0 bridgehead atoms. The van der Waals surface area contributed by atoms with Crippen LogP contribution in [0, 0.1) is 6.92 Å². The van der Waals surface area contributed by atoms with Crippen molar-refractivity contribution in [3.63, 3.8) is 0 Å². The van der Waals surface area contributed by atoms with Gasteiger partial charge in [0.1, 0.15) is 0 Å². The molecular formula is C18H26N4OS2.